The molecule has 0 unspecified atom stereocenters. The zero-order valence-electron chi connectivity index (χ0n) is 16.2. The first-order chi connectivity index (χ1) is 14.3. The van der Waals surface area contributed by atoms with Crippen LogP contribution in [0, 0.1) is 5.82 Å². The molecule has 3 rings (SSSR count). The lowest BCUT2D eigenvalue weighted by atomic mass is 10.1. The zero-order valence-corrected chi connectivity index (χ0v) is 17.0. The summed E-state index contributed by atoms with van der Waals surface area (Å²) in [7, 11) is -3.48. The molecule has 0 spiro atoms. The monoisotopic (exact) mass is 425 g/mol. The Morgan fingerprint density at radius 1 is 1.00 bits per heavy atom. The molecule has 0 fully saturated rings. The summed E-state index contributed by atoms with van der Waals surface area (Å²) < 4.78 is 39.2. The number of benzene rings is 3. The lowest BCUT2D eigenvalue weighted by molar-refractivity contribution is 0.0955. The van der Waals surface area contributed by atoms with Gasteiger partial charge in [0.1, 0.15) is 5.82 Å². The molecule has 0 aliphatic heterocycles. The second kappa shape index (κ2) is 9.32. The SMILES string of the molecule is CS(=O)(=O)N(Cc1ccc(C(=O)N/N=C\c2ccccc2F)cc1)c1ccccc1. The molecule has 6 nitrogen and oxygen atoms in total. The fourth-order valence-electron chi connectivity index (χ4n) is 2.73. The van der Waals surface area contributed by atoms with Crippen molar-refractivity contribution in [3.8, 4) is 0 Å². The van der Waals surface area contributed by atoms with E-state index in [0.717, 1.165) is 11.8 Å². The van der Waals surface area contributed by atoms with Crippen molar-refractivity contribution in [1.29, 1.82) is 0 Å². The third kappa shape index (κ3) is 5.51. The Labute approximate surface area is 174 Å². The topological polar surface area (TPSA) is 78.8 Å². The van der Waals surface area contributed by atoms with Crippen molar-refractivity contribution in [2.24, 2.45) is 5.10 Å². The van der Waals surface area contributed by atoms with Crippen LogP contribution < -0.4 is 9.73 Å². The molecule has 0 aliphatic rings. The van der Waals surface area contributed by atoms with Gasteiger partial charge in [-0.25, -0.2) is 18.2 Å². The summed E-state index contributed by atoms with van der Waals surface area (Å²) in [4.78, 5) is 12.2. The molecule has 0 aliphatic carbocycles. The molecule has 3 aromatic carbocycles. The second-order valence-corrected chi connectivity index (χ2v) is 8.43. The first-order valence-electron chi connectivity index (χ1n) is 9.04. The van der Waals surface area contributed by atoms with Crippen molar-refractivity contribution in [3.63, 3.8) is 0 Å². The van der Waals surface area contributed by atoms with Crippen LogP contribution in [0.15, 0.2) is 84.0 Å². The highest BCUT2D eigenvalue weighted by Crippen LogP contribution is 2.20. The Bertz CT molecular complexity index is 1150. The molecule has 1 amide bonds. The van der Waals surface area contributed by atoms with Gasteiger partial charge in [0.2, 0.25) is 10.0 Å². The lowest BCUT2D eigenvalue weighted by Gasteiger charge is -2.22. The van der Waals surface area contributed by atoms with Crippen LogP contribution in [-0.2, 0) is 16.6 Å². The third-order valence-corrected chi connectivity index (χ3v) is 5.40. The van der Waals surface area contributed by atoms with Crippen molar-refractivity contribution in [2.75, 3.05) is 10.6 Å². The number of sulfonamides is 1. The van der Waals surface area contributed by atoms with Crippen molar-refractivity contribution in [3.05, 3.63) is 101 Å². The van der Waals surface area contributed by atoms with Crippen molar-refractivity contribution in [2.45, 2.75) is 6.54 Å². The number of hydrogen-bond donors (Lipinski definition) is 1. The number of nitrogens with one attached hydrogen (secondary N) is 1. The number of halogens is 1. The molecule has 0 radical (unpaired) electrons. The highest BCUT2D eigenvalue weighted by atomic mass is 32.2. The van der Waals surface area contributed by atoms with Gasteiger partial charge in [0, 0.05) is 11.1 Å². The third-order valence-electron chi connectivity index (χ3n) is 4.26. The molecule has 0 saturated heterocycles. The summed E-state index contributed by atoms with van der Waals surface area (Å²) in [5.74, 6) is -0.897. The van der Waals surface area contributed by atoms with Gasteiger partial charge in [0.25, 0.3) is 5.91 Å². The van der Waals surface area contributed by atoms with Gasteiger partial charge in [-0.05, 0) is 35.9 Å². The van der Waals surface area contributed by atoms with Gasteiger partial charge in [0.15, 0.2) is 0 Å². The number of carbonyl (C=O) groups excluding carboxylic acids is 1. The van der Waals surface area contributed by atoms with Gasteiger partial charge >= 0.3 is 0 Å². The van der Waals surface area contributed by atoms with Crippen LogP contribution in [0.4, 0.5) is 10.1 Å². The second-order valence-electron chi connectivity index (χ2n) is 6.52. The average molecular weight is 425 g/mol. The molecule has 1 N–H and O–H groups in total. The van der Waals surface area contributed by atoms with Gasteiger partial charge < -0.3 is 0 Å². The summed E-state index contributed by atoms with van der Waals surface area (Å²) in [5.41, 5.74) is 4.22. The minimum absolute atomic E-state index is 0.135. The molecule has 3 aromatic rings. The Balaban J connectivity index is 1.68. The van der Waals surface area contributed by atoms with E-state index >= 15 is 0 Å². The van der Waals surface area contributed by atoms with Crippen LogP contribution in [0.1, 0.15) is 21.5 Å². The summed E-state index contributed by atoms with van der Waals surface area (Å²) in [6, 6.07) is 21.4. The highest BCUT2D eigenvalue weighted by Gasteiger charge is 2.17. The molecule has 8 heteroatoms. The number of anilines is 1. The molecular formula is C22H20FN3O3S. The van der Waals surface area contributed by atoms with Crippen LogP contribution in [0.25, 0.3) is 0 Å². The quantitative estimate of drug-likeness (QED) is 0.464. The summed E-state index contributed by atoms with van der Waals surface area (Å²) >= 11 is 0. The van der Waals surface area contributed by atoms with Crippen LogP contribution in [0.3, 0.4) is 0 Å². The van der Waals surface area contributed by atoms with Crippen molar-refractivity contribution in [1.82, 2.24) is 5.43 Å². The lowest BCUT2D eigenvalue weighted by Crippen LogP contribution is -2.29. The maximum Gasteiger partial charge on any atom is 0.271 e. The molecule has 0 bridgehead atoms. The summed E-state index contributed by atoms with van der Waals surface area (Å²) in [5, 5.41) is 3.77. The standard InChI is InChI=1S/C22H20FN3O3S/c1-30(28,29)26(20-8-3-2-4-9-20)16-17-11-13-18(14-12-17)22(27)25-24-15-19-7-5-6-10-21(19)23/h2-15H,16H2,1H3,(H,25,27)/b24-15-. The molecule has 154 valence electrons. The normalized spacial score (nSPS) is 11.4. The van der Waals surface area contributed by atoms with E-state index in [0.29, 0.717) is 11.3 Å². The average Bonchev–Trinajstić information content (AvgIpc) is 2.73. The van der Waals surface area contributed by atoms with Gasteiger partial charge in [-0.1, -0.05) is 48.5 Å². The van der Waals surface area contributed by atoms with Gasteiger partial charge in [0.05, 0.1) is 24.7 Å². The smallest absolute Gasteiger partial charge is 0.267 e. The predicted octanol–water partition coefficient (Wildman–Crippen LogP) is 3.56. The number of amides is 1. The maximum absolute atomic E-state index is 13.5. The number of carbonyl (C=O) groups is 1. The van der Waals surface area contributed by atoms with Crippen LogP contribution in [0.2, 0.25) is 0 Å². The fraction of sp³-hybridized carbons (Fsp3) is 0.0909. The van der Waals surface area contributed by atoms with Crippen molar-refractivity contribution >= 4 is 27.8 Å². The van der Waals surface area contributed by atoms with Crippen LogP contribution in [0.5, 0.6) is 0 Å². The maximum atomic E-state index is 13.5. The largest absolute Gasteiger partial charge is 0.271 e. The van der Waals surface area contributed by atoms with Crippen molar-refractivity contribution < 1.29 is 17.6 Å². The van der Waals surface area contributed by atoms with E-state index in [9.17, 15) is 17.6 Å². The Morgan fingerprint density at radius 3 is 2.27 bits per heavy atom. The number of nitrogens with zero attached hydrogens (tertiary/aromatic N) is 2. The van der Waals surface area contributed by atoms with E-state index < -0.39 is 21.7 Å². The van der Waals surface area contributed by atoms with E-state index in [1.165, 1.54) is 16.6 Å². The first kappa shape index (κ1) is 21.2. The Kier molecular flexibility index (Phi) is 6.58. The van der Waals surface area contributed by atoms with Crippen LogP contribution >= 0.6 is 0 Å². The number of rotatable bonds is 7. The van der Waals surface area contributed by atoms with E-state index in [2.05, 4.69) is 10.5 Å². The fourth-order valence-corrected chi connectivity index (χ4v) is 3.61. The zero-order chi connectivity index (χ0) is 21.6. The molecule has 0 saturated carbocycles. The number of para-hydroxylation sites is 1. The Morgan fingerprint density at radius 2 is 1.63 bits per heavy atom. The number of hydrazone groups is 1. The van der Waals surface area contributed by atoms with Crippen LogP contribution in [-0.4, -0.2) is 26.8 Å². The Hall–Kier alpha value is -3.52. The molecule has 0 aromatic heterocycles. The van der Waals surface area contributed by atoms with E-state index in [1.807, 2.05) is 6.07 Å². The summed E-state index contributed by atoms with van der Waals surface area (Å²) in [6.07, 6.45) is 2.38. The van der Waals surface area contributed by atoms with E-state index in [4.69, 9.17) is 0 Å². The van der Waals surface area contributed by atoms with Gasteiger partial charge in [-0.2, -0.15) is 5.10 Å². The minimum atomic E-state index is -3.48. The van der Waals surface area contributed by atoms with Gasteiger partial charge in [-0.15, -0.1) is 0 Å². The minimum Gasteiger partial charge on any atom is -0.267 e. The molecular weight excluding hydrogens is 405 g/mol. The van der Waals surface area contributed by atoms with E-state index in [1.54, 1.807) is 66.7 Å². The van der Waals surface area contributed by atoms with Gasteiger partial charge in [-0.3, -0.25) is 9.10 Å². The molecule has 0 heterocycles. The molecule has 30 heavy (non-hydrogen) atoms. The van der Waals surface area contributed by atoms with E-state index in [-0.39, 0.29) is 12.1 Å². The first-order valence-corrected chi connectivity index (χ1v) is 10.9. The summed E-state index contributed by atoms with van der Waals surface area (Å²) in [6.45, 7) is 0.135. The number of hydrogen-bond acceptors (Lipinski definition) is 4. The predicted molar refractivity (Wildman–Crippen MR) is 115 cm³/mol. The highest BCUT2D eigenvalue weighted by molar-refractivity contribution is 7.92. The molecule has 0 atom stereocenters.